The third-order valence-corrected chi connectivity index (χ3v) is 6.74. The summed E-state index contributed by atoms with van der Waals surface area (Å²) in [6.07, 6.45) is 4.01. The maximum atomic E-state index is 13.2. The molecule has 9 nitrogen and oxygen atoms in total. The first-order valence-corrected chi connectivity index (χ1v) is 12.6. The van der Waals surface area contributed by atoms with Crippen molar-refractivity contribution in [3.05, 3.63) is 36.1 Å². The number of urea groups is 1. The molecule has 36 heavy (non-hydrogen) atoms. The maximum Gasteiger partial charge on any atom is 0.475 e. The Bertz CT molecular complexity index is 1090. The summed E-state index contributed by atoms with van der Waals surface area (Å²) >= 11 is 0. The molecular weight excluding hydrogens is 459 g/mol. The number of hydrogen-bond acceptors (Lipinski definition) is 6. The lowest BCUT2D eigenvalue weighted by atomic mass is 9.76. The number of benzene rings is 1. The van der Waals surface area contributed by atoms with Crippen LogP contribution in [0.25, 0.3) is 11.0 Å². The van der Waals surface area contributed by atoms with Gasteiger partial charge < -0.3 is 30.0 Å². The Labute approximate surface area is 213 Å². The summed E-state index contributed by atoms with van der Waals surface area (Å²) in [4.78, 5) is 27.5. The second kappa shape index (κ2) is 11.8. The molecule has 4 N–H and O–H groups in total. The maximum absolute atomic E-state index is 13.2. The van der Waals surface area contributed by atoms with E-state index in [2.05, 4.69) is 37.5 Å². The number of rotatable bonds is 9. The third kappa shape index (κ3) is 7.02. The Morgan fingerprint density at radius 2 is 2.03 bits per heavy atom. The molecule has 1 aromatic heterocycles. The van der Waals surface area contributed by atoms with Crippen LogP contribution in [0.4, 0.5) is 4.79 Å². The highest BCUT2D eigenvalue weighted by Crippen LogP contribution is 2.31. The van der Waals surface area contributed by atoms with Crippen molar-refractivity contribution in [3.63, 3.8) is 0 Å². The first kappa shape index (κ1) is 27.6. The van der Waals surface area contributed by atoms with Crippen LogP contribution in [0.15, 0.2) is 34.9 Å². The fourth-order valence-electron chi connectivity index (χ4n) is 5.12. The number of nitrogens with zero attached hydrogens (tertiary/aromatic N) is 2. The molecule has 0 radical (unpaired) electrons. The lowest BCUT2D eigenvalue weighted by Crippen LogP contribution is -2.53. The van der Waals surface area contributed by atoms with Crippen molar-refractivity contribution in [1.82, 2.24) is 15.5 Å². The summed E-state index contributed by atoms with van der Waals surface area (Å²) in [5.74, 6) is -1.94. The number of fused-ring (bicyclic) bond motifs is 1. The van der Waals surface area contributed by atoms with Crippen molar-refractivity contribution in [2.45, 2.75) is 65.4 Å². The topological polar surface area (TPSA) is 139 Å². The minimum Gasteiger partial charge on any atom is -0.464 e. The standard InChI is InChI=1S/C26H37BN4O5/c1-17(13-26(2,3)4)21(14-28)24(32)31-11-7-8-19(31)15-29-25(33)30-23(27(34)35)12-18-16-36-22-10-6-5-9-20(18)22/h5-6,9-10,16-17,19,21,23,34-35H,7-8,11-13,15H2,1-4H3,(H2,29,30,33)/t17?,19-,21?,23+/m1/s1. The summed E-state index contributed by atoms with van der Waals surface area (Å²) in [5.41, 5.74) is 1.44. The molecule has 1 saturated heterocycles. The number of likely N-dealkylation sites (tertiary alicyclic amines) is 1. The van der Waals surface area contributed by atoms with Crippen LogP contribution < -0.4 is 10.6 Å². The van der Waals surface area contributed by atoms with E-state index >= 15 is 0 Å². The number of carbonyl (C=O) groups excluding carboxylic acids is 2. The average molecular weight is 496 g/mol. The van der Waals surface area contributed by atoms with Gasteiger partial charge in [-0.3, -0.25) is 4.79 Å². The van der Waals surface area contributed by atoms with E-state index < -0.39 is 25.0 Å². The number of para-hydroxylation sites is 1. The van der Waals surface area contributed by atoms with Gasteiger partial charge in [-0.15, -0.1) is 0 Å². The van der Waals surface area contributed by atoms with Gasteiger partial charge in [0, 0.05) is 24.5 Å². The minimum atomic E-state index is -1.77. The number of hydrogen-bond donors (Lipinski definition) is 4. The van der Waals surface area contributed by atoms with Gasteiger partial charge >= 0.3 is 13.1 Å². The van der Waals surface area contributed by atoms with Crippen molar-refractivity contribution >= 4 is 30.0 Å². The summed E-state index contributed by atoms with van der Waals surface area (Å²) in [6, 6.07) is 8.84. The second-order valence-electron chi connectivity index (χ2n) is 11.0. The Hall–Kier alpha value is -3.03. The first-order chi connectivity index (χ1) is 17.0. The van der Waals surface area contributed by atoms with Crippen LogP contribution in [0.5, 0.6) is 0 Å². The number of furan rings is 1. The number of nitrogens with one attached hydrogen (secondary N) is 2. The van der Waals surface area contributed by atoms with Gasteiger partial charge in [-0.1, -0.05) is 45.9 Å². The van der Waals surface area contributed by atoms with E-state index in [1.165, 1.54) is 0 Å². The van der Waals surface area contributed by atoms with Gasteiger partial charge in [0.25, 0.3) is 0 Å². The van der Waals surface area contributed by atoms with Crippen LogP contribution in [0.2, 0.25) is 0 Å². The van der Waals surface area contributed by atoms with Crippen molar-refractivity contribution in [2.75, 3.05) is 13.1 Å². The second-order valence-corrected chi connectivity index (χ2v) is 11.0. The number of nitriles is 1. The minimum absolute atomic E-state index is 0.00934. The van der Waals surface area contributed by atoms with E-state index in [9.17, 15) is 24.9 Å². The smallest absolute Gasteiger partial charge is 0.464 e. The van der Waals surface area contributed by atoms with Crippen LogP contribution in [0.1, 0.15) is 52.5 Å². The zero-order valence-electron chi connectivity index (χ0n) is 21.5. The van der Waals surface area contributed by atoms with Crippen LogP contribution in [-0.4, -0.2) is 59.1 Å². The van der Waals surface area contributed by atoms with Crippen LogP contribution in [-0.2, 0) is 11.2 Å². The molecule has 3 rings (SSSR count). The summed E-state index contributed by atoms with van der Waals surface area (Å²) in [5, 5.41) is 35.6. The molecule has 0 bridgehead atoms. The Kier molecular flexibility index (Phi) is 9.04. The van der Waals surface area contributed by atoms with E-state index in [0.29, 0.717) is 12.1 Å². The van der Waals surface area contributed by atoms with E-state index in [1.807, 2.05) is 31.2 Å². The number of amides is 3. The Balaban J connectivity index is 1.57. The van der Waals surface area contributed by atoms with Crippen molar-refractivity contribution in [2.24, 2.45) is 17.3 Å². The lowest BCUT2D eigenvalue weighted by molar-refractivity contribution is -0.136. The van der Waals surface area contributed by atoms with Gasteiger partial charge in [0.1, 0.15) is 11.5 Å². The van der Waals surface area contributed by atoms with Crippen molar-refractivity contribution in [3.8, 4) is 6.07 Å². The molecule has 2 aromatic rings. The molecule has 194 valence electrons. The first-order valence-electron chi connectivity index (χ1n) is 12.6. The van der Waals surface area contributed by atoms with Gasteiger partial charge in [-0.25, -0.2) is 4.79 Å². The monoisotopic (exact) mass is 496 g/mol. The fourth-order valence-corrected chi connectivity index (χ4v) is 5.12. The highest BCUT2D eigenvalue weighted by Gasteiger charge is 2.37. The average Bonchev–Trinajstić information content (AvgIpc) is 3.43. The van der Waals surface area contributed by atoms with E-state index in [1.54, 1.807) is 11.2 Å². The van der Waals surface area contributed by atoms with Gasteiger partial charge in [-0.2, -0.15) is 5.26 Å². The largest absolute Gasteiger partial charge is 0.475 e. The van der Waals surface area contributed by atoms with E-state index in [-0.39, 0.29) is 36.2 Å². The SMILES string of the molecule is CC(CC(C)(C)C)C(C#N)C(=O)N1CCC[C@@H]1CNC(=O)N[C@@H](Cc1coc2ccccc12)B(O)O. The molecule has 0 aliphatic carbocycles. The third-order valence-electron chi connectivity index (χ3n) is 6.74. The number of carbonyl (C=O) groups is 2. The summed E-state index contributed by atoms with van der Waals surface area (Å²) < 4.78 is 5.50. The van der Waals surface area contributed by atoms with E-state index in [0.717, 1.165) is 30.2 Å². The Morgan fingerprint density at radius 1 is 1.31 bits per heavy atom. The normalized spacial score (nSPS) is 18.4. The van der Waals surface area contributed by atoms with Crippen molar-refractivity contribution in [1.29, 1.82) is 5.26 Å². The summed E-state index contributed by atoms with van der Waals surface area (Å²) in [6.45, 7) is 8.99. The molecule has 1 aromatic carbocycles. The summed E-state index contributed by atoms with van der Waals surface area (Å²) in [7, 11) is -1.77. The lowest BCUT2D eigenvalue weighted by Gasteiger charge is -2.31. The molecule has 10 heteroatoms. The van der Waals surface area contributed by atoms with Gasteiger partial charge in [0.2, 0.25) is 5.91 Å². The Morgan fingerprint density at radius 3 is 2.69 bits per heavy atom. The van der Waals surface area contributed by atoms with Gasteiger partial charge in [0.15, 0.2) is 0 Å². The van der Waals surface area contributed by atoms with Gasteiger partial charge in [-0.05, 0) is 48.6 Å². The zero-order valence-corrected chi connectivity index (χ0v) is 21.5. The molecule has 2 unspecified atom stereocenters. The molecule has 4 atom stereocenters. The van der Waals surface area contributed by atoms with Crippen LogP contribution >= 0.6 is 0 Å². The van der Waals surface area contributed by atoms with Gasteiger partial charge in [0.05, 0.1) is 18.3 Å². The van der Waals surface area contributed by atoms with Crippen LogP contribution in [0, 0.1) is 28.6 Å². The van der Waals surface area contributed by atoms with Crippen LogP contribution in [0.3, 0.4) is 0 Å². The van der Waals surface area contributed by atoms with Crippen molar-refractivity contribution < 1.29 is 24.1 Å². The zero-order chi connectivity index (χ0) is 26.5. The molecule has 1 aliphatic heterocycles. The van der Waals surface area contributed by atoms with E-state index in [4.69, 9.17) is 4.42 Å². The fraction of sp³-hybridized carbons (Fsp3) is 0.577. The predicted molar refractivity (Wildman–Crippen MR) is 138 cm³/mol. The molecule has 0 saturated carbocycles. The molecule has 3 amide bonds. The highest BCUT2D eigenvalue weighted by atomic mass is 16.4. The molecular formula is C26H37BN4O5. The predicted octanol–water partition coefficient (Wildman–Crippen LogP) is 2.86. The molecule has 1 fully saturated rings. The highest BCUT2D eigenvalue weighted by molar-refractivity contribution is 6.43. The molecule has 2 heterocycles. The molecule has 1 aliphatic rings. The quantitative estimate of drug-likeness (QED) is 0.394. The molecule has 0 spiro atoms.